The van der Waals surface area contributed by atoms with Crippen LogP contribution in [0.3, 0.4) is 0 Å². The van der Waals surface area contributed by atoms with Crippen molar-refractivity contribution in [3.8, 4) is 11.5 Å². The molecule has 170 valence electrons. The maximum atomic E-state index is 14.1. The molecule has 8 heteroatoms. The minimum Gasteiger partial charge on any atom is -0.493 e. The van der Waals surface area contributed by atoms with Crippen molar-refractivity contribution in [2.45, 2.75) is 18.2 Å². The second-order valence-corrected chi connectivity index (χ2v) is 9.29. The van der Waals surface area contributed by atoms with Gasteiger partial charge in [-0.05, 0) is 60.5 Å². The number of carbonyl (C=O) groups excluding carboxylic acids is 1. The third kappa shape index (κ3) is 3.98. The van der Waals surface area contributed by atoms with E-state index < -0.39 is 26.3 Å². The molecule has 0 saturated carbocycles. The minimum atomic E-state index is -4.21. The lowest BCUT2D eigenvalue weighted by molar-refractivity contribution is 0.104. The molecule has 0 saturated heterocycles. The number of rotatable bonds is 6. The molecule has 0 bridgehead atoms. The van der Waals surface area contributed by atoms with Gasteiger partial charge in [-0.1, -0.05) is 19.1 Å². The van der Waals surface area contributed by atoms with Crippen molar-refractivity contribution in [2.24, 2.45) is 0 Å². The zero-order chi connectivity index (χ0) is 23.8. The highest BCUT2D eigenvalue weighted by molar-refractivity contribution is 7.96. The van der Waals surface area contributed by atoms with E-state index in [2.05, 4.69) is 0 Å². The second kappa shape index (κ2) is 8.71. The van der Waals surface area contributed by atoms with Crippen LogP contribution in [0.15, 0.2) is 76.7 Å². The molecule has 3 aromatic carbocycles. The van der Waals surface area contributed by atoms with E-state index in [1.807, 2.05) is 25.1 Å². The highest BCUT2D eigenvalue weighted by Crippen LogP contribution is 2.41. The number of benzene rings is 3. The summed E-state index contributed by atoms with van der Waals surface area (Å²) in [4.78, 5) is 14.4. The lowest BCUT2D eigenvalue weighted by Gasteiger charge is -2.29. The van der Waals surface area contributed by atoms with Gasteiger partial charge in [0.15, 0.2) is 11.5 Å². The Bertz CT molecular complexity index is 1380. The molecule has 1 heterocycles. The van der Waals surface area contributed by atoms with Crippen LogP contribution >= 0.6 is 0 Å². The Morgan fingerprint density at radius 1 is 0.970 bits per heavy atom. The normalized spacial score (nSPS) is 14.3. The van der Waals surface area contributed by atoms with E-state index in [1.165, 1.54) is 49.6 Å². The summed E-state index contributed by atoms with van der Waals surface area (Å²) in [6.07, 6.45) is 2.02. The molecule has 3 aromatic rings. The fraction of sp³-hybridized carbons (Fsp3) is 0.160. The number of ketones is 1. The first-order chi connectivity index (χ1) is 15.8. The maximum absolute atomic E-state index is 14.1. The van der Waals surface area contributed by atoms with Gasteiger partial charge < -0.3 is 14.4 Å². The van der Waals surface area contributed by atoms with Crippen LogP contribution in [0, 0.1) is 5.82 Å². The standard InChI is InChI=1S/C25H22FNO5S/c1-4-16-6-5-7-19(12-16)27-15-24(33(29,30)23-11-9-18(26)14-20(23)27)25(28)17-8-10-21(31-2)22(13-17)32-3/h5-15H,4H2,1-3H3. The summed E-state index contributed by atoms with van der Waals surface area (Å²) < 4.78 is 51.4. The van der Waals surface area contributed by atoms with Crippen LogP contribution in [0.5, 0.6) is 11.5 Å². The molecule has 0 spiro atoms. The van der Waals surface area contributed by atoms with Gasteiger partial charge in [-0.15, -0.1) is 0 Å². The minimum absolute atomic E-state index is 0.121. The molecule has 0 aliphatic carbocycles. The number of halogens is 1. The van der Waals surface area contributed by atoms with Gasteiger partial charge in [0, 0.05) is 17.5 Å². The van der Waals surface area contributed by atoms with E-state index in [0.717, 1.165) is 24.1 Å². The van der Waals surface area contributed by atoms with E-state index >= 15 is 0 Å². The smallest absolute Gasteiger partial charge is 0.214 e. The molecule has 1 aliphatic heterocycles. The van der Waals surface area contributed by atoms with Crippen LogP contribution < -0.4 is 14.4 Å². The van der Waals surface area contributed by atoms with Crippen molar-refractivity contribution >= 4 is 27.0 Å². The lowest BCUT2D eigenvalue weighted by atomic mass is 10.1. The van der Waals surface area contributed by atoms with Crippen LogP contribution in [0.1, 0.15) is 22.8 Å². The van der Waals surface area contributed by atoms with Crippen LogP contribution in [0.25, 0.3) is 0 Å². The lowest BCUT2D eigenvalue weighted by Crippen LogP contribution is -2.26. The summed E-state index contributed by atoms with van der Waals surface area (Å²) in [6.45, 7) is 2.00. The molecule has 4 rings (SSSR count). The van der Waals surface area contributed by atoms with Crippen molar-refractivity contribution in [1.82, 2.24) is 0 Å². The quantitative estimate of drug-likeness (QED) is 0.373. The monoisotopic (exact) mass is 467 g/mol. The molecule has 1 aliphatic rings. The summed E-state index contributed by atoms with van der Waals surface area (Å²) in [5.74, 6) is -0.577. The van der Waals surface area contributed by atoms with Gasteiger partial charge in [0.2, 0.25) is 15.6 Å². The number of Topliss-reactive ketones (excluding diaryl/α,β-unsaturated/α-hetero) is 1. The Hall–Kier alpha value is -3.65. The van der Waals surface area contributed by atoms with Gasteiger partial charge in [-0.3, -0.25) is 4.79 Å². The summed E-state index contributed by atoms with van der Waals surface area (Å²) in [6, 6.07) is 15.3. The number of hydrogen-bond acceptors (Lipinski definition) is 6. The molecule has 0 aromatic heterocycles. The maximum Gasteiger partial charge on any atom is 0.214 e. The first-order valence-electron chi connectivity index (χ1n) is 10.2. The number of ether oxygens (including phenoxy) is 2. The number of fused-ring (bicyclic) bond motifs is 1. The predicted molar refractivity (Wildman–Crippen MR) is 124 cm³/mol. The van der Waals surface area contributed by atoms with E-state index in [0.29, 0.717) is 17.2 Å². The van der Waals surface area contributed by atoms with Crippen LogP contribution in [0.2, 0.25) is 0 Å². The number of carbonyl (C=O) groups is 1. The van der Waals surface area contributed by atoms with Crippen LogP contribution in [-0.2, 0) is 16.3 Å². The molecule has 6 nitrogen and oxygen atoms in total. The third-order valence-electron chi connectivity index (χ3n) is 5.47. The van der Waals surface area contributed by atoms with Gasteiger partial charge in [0.05, 0.1) is 24.8 Å². The first kappa shape index (κ1) is 22.5. The second-order valence-electron chi connectivity index (χ2n) is 7.40. The Kier molecular flexibility index (Phi) is 5.95. The number of hydrogen-bond donors (Lipinski definition) is 0. The molecule has 33 heavy (non-hydrogen) atoms. The number of sulfone groups is 1. The Labute approximate surface area is 191 Å². The number of methoxy groups -OCH3 is 2. The number of nitrogens with zero attached hydrogens (tertiary/aromatic N) is 1. The first-order valence-corrected chi connectivity index (χ1v) is 11.7. The van der Waals surface area contributed by atoms with Gasteiger partial charge in [-0.25, -0.2) is 12.8 Å². The Balaban J connectivity index is 1.91. The summed E-state index contributed by atoms with van der Waals surface area (Å²) in [5.41, 5.74) is 1.90. The summed E-state index contributed by atoms with van der Waals surface area (Å²) in [7, 11) is -1.32. The van der Waals surface area contributed by atoms with Gasteiger partial charge >= 0.3 is 0 Å². The van der Waals surface area contributed by atoms with Gasteiger partial charge in [0.25, 0.3) is 0 Å². The predicted octanol–water partition coefficient (Wildman–Crippen LogP) is 5.06. The molecule has 0 fully saturated rings. The largest absolute Gasteiger partial charge is 0.493 e. The molecule has 0 radical (unpaired) electrons. The zero-order valence-electron chi connectivity index (χ0n) is 18.3. The van der Waals surface area contributed by atoms with Crippen molar-refractivity contribution in [1.29, 1.82) is 0 Å². The average molecular weight is 468 g/mol. The van der Waals surface area contributed by atoms with E-state index in [1.54, 1.807) is 6.07 Å². The molecule has 0 amide bonds. The molecule has 0 unspecified atom stereocenters. The number of anilines is 2. The van der Waals surface area contributed by atoms with Crippen LogP contribution in [-0.4, -0.2) is 28.4 Å². The Morgan fingerprint density at radius 3 is 2.42 bits per heavy atom. The highest BCUT2D eigenvalue weighted by atomic mass is 32.2. The van der Waals surface area contributed by atoms with Crippen molar-refractivity contribution in [3.05, 3.63) is 88.7 Å². The van der Waals surface area contributed by atoms with Crippen molar-refractivity contribution in [3.63, 3.8) is 0 Å². The summed E-state index contributed by atoms with van der Waals surface area (Å²) in [5, 5.41) is 0. The number of aryl methyl sites for hydroxylation is 1. The average Bonchev–Trinajstić information content (AvgIpc) is 2.83. The van der Waals surface area contributed by atoms with Crippen molar-refractivity contribution in [2.75, 3.05) is 19.1 Å². The third-order valence-corrected chi connectivity index (χ3v) is 7.27. The Morgan fingerprint density at radius 2 is 1.73 bits per heavy atom. The fourth-order valence-electron chi connectivity index (χ4n) is 3.72. The fourth-order valence-corrected chi connectivity index (χ4v) is 5.24. The van der Waals surface area contributed by atoms with Gasteiger partial charge in [-0.2, -0.15) is 0 Å². The SMILES string of the molecule is CCc1cccc(N2C=C(C(=O)c3ccc(OC)c(OC)c3)S(=O)(=O)c3ccc(F)cc32)c1. The number of allylic oxidation sites excluding steroid dienone is 1. The highest BCUT2D eigenvalue weighted by Gasteiger charge is 2.36. The van der Waals surface area contributed by atoms with E-state index in [-0.39, 0.29) is 16.1 Å². The zero-order valence-corrected chi connectivity index (χ0v) is 19.1. The van der Waals surface area contributed by atoms with Gasteiger partial charge in [0.1, 0.15) is 10.7 Å². The van der Waals surface area contributed by atoms with Crippen molar-refractivity contribution < 1.29 is 27.1 Å². The van der Waals surface area contributed by atoms with E-state index in [9.17, 15) is 17.6 Å². The molecular formula is C25H22FNO5S. The molecule has 0 N–H and O–H groups in total. The molecular weight excluding hydrogens is 445 g/mol. The van der Waals surface area contributed by atoms with Crippen LogP contribution in [0.4, 0.5) is 15.8 Å². The molecule has 0 atom stereocenters. The van der Waals surface area contributed by atoms with E-state index in [4.69, 9.17) is 9.47 Å². The topological polar surface area (TPSA) is 72.9 Å². The summed E-state index contributed by atoms with van der Waals surface area (Å²) >= 11 is 0.